The quantitative estimate of drug-likeness (QED) is 0.807. The summed E-state index contributed by atoms with van der Waals surface area (Å²) >= 11 is 0. The van der Waals surface area contributed by atoms with E-state index in [9.17, 15) is 8.42 Å². The molecule has 0 bridgehead atoms. The van der Waals surface area contributed by atoms with Crippen LogP contribution in [-0.2, 0) is 16.6 Å². The molecule has 1 aromatic rings. The molecule has 1 aliphatic rings. The van der Waals surface area contributed by atoms with Gasteiger partial charge >= 0.3 is 0 Å². The molecule has 1 fully saturated rings. The van der Waals surface area contributed by atoms with Gasteiger partial charge in [-0.15, -0.1) is 0 Å². The van der Waals surface area contributed by atoms with Crippen molar-refractivity contribution in [2.45, 2.75) is 43.7 Å². The van der Waals surface area contributed by atoms with Gasteiger partial charge in [-0.3, -0.25) is 0 Å². The molecule has 1 aromatic carbocycles. The predicted octanol–water partition coefficient (Wildman–Crippen LogP) is 1.88. The highest BCUT2D eigenvalue weighted by Crippen LogP contribution is 2.40. The van der Waals surface area contributed by atoms with Gasteiger partial charge < -0.3 is 10.1 Å². The third-order valence-corrected chi connectivity index (χ3v) is 5.59. The Bertz CT molecular complexity index is 607. The van der Waals surface area contributed by atoms with E-state index in [-0.39, 0.29) is 4.90 Å². The molecule has 6 heteroatoms. The van der Waals surface area contributed by atoms with Gasteiger partial charge in [0.15, 0.2) is 0 Å². The van der Waals surface area contributed by atoms with E-state index in [1.54, 1.807) is 12.1 Å². The van der Waals surface area contributed by atoms with Crippen molar-refractivity contribution >= 4 is 10.0 Å². The van der Waals surface area contributed by atoms with E-state index in [0.29, 0.717) is 18.2 Å². The Kier molecular flexibility index (Phi) is 4.60. The van der Waals surface area contributed by atoms with Gasteiger partial charge in [0.05, 0.1) is 7.11 Å². The first-order valence-electron chi connectivity index (χ1n) is 7.15. The first kappa shape index (κ1) is 16.3. The van der Waals surface area contributed by atoms with E-state index in [2.05, 4.69) is 10.0 Å². The number of methoxy groups -OCH3 is 1. The van der Waals surface area contributed by atoms with E-state index in [1.165, 1.54) is 7.11 Å². The van der Waals surface area contributed by atoms with Crippen molar-refractivity contribution in [1.29, 1.82) is 0 Å². The average Bonchev–Trinajstić information content (AvgIpc) is 3.22. The van der Waals surface area contributed by atoms with Gasteiger partial charge in [0.2, 0.25) is 10.0 Å². The highest BCUT2D eigenvalue weighted by molar-refractivity contribution is 7.89. The molecular formula is C15H24N2O3S. The molecule has 2 rings (SSSR count). The SMILES string of the molecule is CNCc1ccc(OC)c(S(=O)(=O)NC(C)(C)C2CC2)c1. The van der Waals surface area contributed by atoms with Gasteiger partial charge in [0.1, 0.15) is 10.6 Å². The molecule has 0 aromatic heterocycles. The van der Waals surface area contributed by atoms with Crippen LogP contribution in [0, 0.1) is 5.92 Å². The van der Waals surface area contributed by atoms with Crippen LogP contribution < -0.4 is 14.8 Å². The van der Waals surface area contributed by atoms with Crippen LogP contribution in [0.4, 0.5) is 0 Å². The lowest BCUT2D eigenvalue weighted by atomic mass is 10.0. The Balaban J connectivity index is 2.35. The molecule has 0 radical (unpaired) electrons. The van der Waals surface area contributed by atoms with Gasteiger partial charge in [-0.05, 0) is 57.4 Å². The van der Waals surface area contributed by atoms with Crippen LogP contribution in [0.25, 0.3) is 0 Å². The van der Waals surface area contributed by atoms with E-state index < -0.39 is 15.6 Å². The lowest BCUT2D eigenvalue weighted by molar-refractivity contribution is 0.389. The first-order valence-corrected chi connectivity index (χ1v) is 8.64. The lowest BCUT2D eigenvalue weighted by Gasteiger charge is -2.26. The fraction of sp³-hybridized carbons (Fsp3) is 0.600. The number of hydrogen-bond acceptors (Lipinski definition) is 4. The Morgan fingerprint density at radius 1 is 1.33 bits per heavy atom. The van der Waals surface area contributed by atoms with Crippen molar-refractivity contribution in [3.05, 3.63) is 23.8 Å². The average molecular weight is 312 g/mol. The minimum atomic E-state index is -3.61. The van der Waals surface area contributed by atoms with Crippen molar-refractivity contribution in [2.24, 2.45) is 5.92 Å². The van der Waals surface area contributed by atoms with Crippen molar-refractivity contribution in [3.8, 4) is 5.75 Å². The molecule has 1 saturated carbocycles. The number of rotatable bonds is 7. The Labute approximate surface area is 127 Å². The lowest BCUT2D eigenvalue weighted by Crippen LogP contribution is -2.45. The maximum absolute atomic E-state index is 12.7. The van der Waals surface area contributed by atoms with Gasteiger partial charge in [-0.25, -0.2) is 13.1 Å². The highest BCUT2D eigenvalue weighted by Gasteiger charge is 2.41. The van der Waals surface area contributed by atoms with E-state index in [0.717, 1.165) is 18.4 Å². The minimum absolute atomic E-state index is 0.200. The van der Waals surface area contributed by atoms with E-state index in [1.807, 2.05) is 27.0 Å². The largest absolute Gasteiger partial charge is 0.495 e. The zero-order valence-corrected chi connectivity index (χ0v) is 13.9. The molecule has 0 amide bonds. The molecule has 0 heterocycles. The second kappa shape index (κ2) is 5.94. The molecule has 0 aliphatic heterocycles. The summed E-state index contributed by atoms with van der Waals surface area (Å²) in [4.78, 5) is 0.200. The summed E-state index contributed by atoms with van der Waals surface area (Å²) < 4.78 is 33.5. The van der Waals surface area contributed by atoms with Crippen LogP contribution in [0.3, 0.4) is 0 Å². The summed E-state index contributed by atoms with van der Waals surface area (Å²) in [6.07, 6.45) is 2.15. The van der Waals surface area contributed by atoms with Crippen LogP contribution in [0.2, 0.25) is 0 Å². The van der Waals surface area contributed by atoms with Crippen molar-refractivity contribution in [2.75, 3.05) is 14.2 Å². The Morgan fingerprint density at radius 2 is 2.00 bits per heavy atom. The number of hydrogen-bond donors (Lipinski definition) is 2. The number of sulfonamides is 1. The number of ether oxygens (including phenoxy) is 1. The molecule has 2 N–H and O–H groups in total. The summed E-state index contributed by atoms with van der Waals surface area (Å²) in [5, 5.41) is 3.02. The van der Waals surface area contributed by atoms with Crippen LogP contribution >= 0.6 is 0 Å². The summed E-state index contributed by atoms with van der Waals surface area (Å²) in [7, 11) is -0.299. The summed E-state index contributed by atoms with van der Waals surface area (Å²) in [6.45, 7) is 4.48. The summed E-state index contributed by atoms with van der Waals surface area (Å²) in [5.41, 5.74) is 0.478. The number of benzene rings is 1. The van der Waals surface area contributed by atoms with Crippen LogP contribution in [0.1, 0.15) is 32.3 Å². The van der Waals surface area contributed by atoms with Crippen molar-refractivity contribution in [3.63, 3.8) is 0 Å². The topological polar surface area (TPSA) is 67.4 Å². The monoisotopic (exact) mass is 312 g/mol. The zero-order chi connectivity index (χ0) is 15.7. The van der Waals surface area contributed by atoms with Gasteiger partial charge in [-0.2, -0.15) is 0 Å². The van der Waals surface area contributed by atoms with Gasteiger partial charge in [0, 0.05) is 12.1 Å². The van der Waals surface area contributed by atoms with Crippen LogP contribution in [-0.4, -0.2) is 28.1 Å². The maximum Gasteiger partial charge on any atom is 0.244 e. The molecule has 5 nitrogen and oxygen atoms in total. The van der Waals surface area contributed by atoms with Crippen LogP contribution in [0.5, 0.6) is 5.75 Å². The molecule has 1 aliphatic carbocycles. The minimum Gasteiger partial charge on any atom is -0.495 e. The third kappa shape index (κ3) is 3.75. The number of nitrogens with one attached hydrogen (secondary N) is 2. The van der Waals surface area contributed by atoms with E-state index in [4.69, 9.17) is 4.74 Å². The van der Waals surface area contributed by atoms with E-state index >= 15 is 0 Å². The normalized spacial score (nSPS) is 16.0. The molecule has 0 unspecified atom stereocenters. The molecular weight excluding hydrogens is 288 g/mol. The fourth-order valence-electron chi connectivity index (χ4n) is 2.53. The predicted molar refractivity (Wildman–Crippen MR) is 82.9 cm³/mol. The zero-order valence-electron chi connectivity index (χ0n) is 13.1. The Morgan fingerprint density at radius 3 is 2.52 bits per heavy atom. The first-order chi connectivity index (χ1) is 9.80. The smallest absolute Gasteiger partial charge is 0.244 e. The third-order valence-electron chi connectivity index (χ3n) is 3.89. The van der Waals surface area contributed by atoms with Gasteiger partial charge in [0.25, 0.3) is 0 Å². The molecule has 21 heavy (non-hydrogen) atoms. The van der Waals surface area contributed by atoms with Crippen LogP contribution in [0.15, 0.2) is 23.1 Å². The molecule has 0 spiro atoms. The second-order valence-corrected chi connectivity index (χ2v) is 7.77. The second-order valence-electron chi connectivity index (χ2n) is 6.12. The van der Waals surface area contributed by atoms with Crippen molar-refractivity contribution < 1.29 is 13.2 Å². The highest BCUT2D eigenvalue weighted by atomic mass is 32.2. The Hall–Kier alpha value is -1.11. The van der Waals surface area contributed by atoms with Crippen molar-refractivity contribution in [1.82, 2.24) is 10.0 Å². The summed E-state index contributed by atoms with van der Waals surface area (Å²) in [6, 6.07) is 5.23. The molecule has 0 saturated heterocycles. The molecule has 118 valence electrons. The summed E-state index contributed by atoms with van der Waals surface area (Å²) in [5.74, 6) is 0.785. The van der Waals surface area contributed by atoms with Gasteiger partial charge in [-0.1, -0.05) is 6.07 Å². The maximum atomic E-state index is 12.7. The molecule has 0 atom stereocenters. The standard InChI is InChI=1S/C15H24N2O3S/c1-15(2,12-6-7-12)17-21(18,19)14-9-11(10-16-3)5-8-13(14)20-4/h5,8-9,12,16-17H,6-7,10H2,1-4H3. The fourth-order valence-corrected chi connectivity index (χ4v) is 4.23.